The van der Waals surface area contributed by atoms with Gasteiger partial charge in [-0.1, -0.05) is 28.9 Å². The van der Waals surface area contributed by atoms with E-state index < -0.39 is 0 Å². The number of aromatic nitrogens is 2. The fourth-order valence-corrected chi connectivity index (χ4v) is 3.18. The number of anilines is 2. The van der Waals surface area contributed by atoms with E-state index in [1.165, 1.54) is 12.8 Å². The smallest absolute Gasteiger partial charge is 0.256 e. The zero-order valence-corrected chi connectivity index (χ0v) is 14.6. The Labute approximate surface area is 144 Å². The number of hydrogen-bond donors (Lipinski definition) is 1. The van der Waals surface area contributed by atoms with Crippen molar-refractivity contribution in [1.82, 2.24) is 10.2 Å². The minimum absolute atomic E-state index is 0.194. The predicted octanol–water partition coefficient (Wildman–Crippen LogP) is 3.73. The Morgan fingerprint density at radius 2 is 2.17 bits per heavy atom. The van der Waals surface area contributed by atoms with E-state index in [-0.39, 0.29) is 5.91 Å². The highest BCUT2D eigenvalue weighted by atomic mass is 79.9. The molecule has 5 nitrogen and oxygen atoms in total. The van der Waals surface area contributed by atoms with Crippen LogP contribution < -0.4 is 10.2 Å². The third kappa shape index (κ3) is 4.07. The lowest BCUT2D eigenvalue weighted by atomic mass is 10.0. The fourth-order valence-electron chi connectivity index (χ4n) is 2.78. The van der Waals surface area contributed by atoms with Crippen LogP contribution in [-0.2, 0) is 0 Å². The molecule has 1 saturated heterocycles. The predicted molar refractivity (Wildman–Crippen MR) is 94.7 cm³/mol. The van der Waals surface area contributed by atoms with Crippen molar-refractivity contribution in [3.8, 4) is 0 Å². The molecule has 1 unspecified atom stereocenters. The number of nitrogens with zero attached hydrogens (tertiary/aromatic N) is 3. The van der Waals surface area contributed by atoms with E-state index in [2.05, 4.69) is 43.3 Å². The zero-order chi connectivity index (χ0) is 16.2. The second-order valence-corrected chi connectivity index (χ2v) is 6.85. The number of amides is 1. The first kappa shape index (κ1) is 15.9. The monoisotopic (exact) mass is 374 g/mol. The van der Waals surface area contributed by atoms with E-state index in [1.54, 1.807) is 18.2 Å². The number of benzene rings is 1. The van der Waals surface area contributed by atoms with Crippen LogP contribution in [0, 0.1) is 5.92 Å². The molecule has 120 valence electrons. The summed E-state index contributed by atoms with van der Waals surface area (Å²) in [5.41, 5.74) is 0.579. The Morgan fingerprint density at radius 3 is 2.87 bits per heavy atom. The molecule has 1 amide bonds. The molecule has 1 aliphatic heterocycles. The van der Waals surface area contributed by atoms with E-state index in [9.17, 15) is 4.79 Å². The average Bonchev–Trinajstić information content (AvgIpc) is 2.55. The topological polar surface area (TPSA) is 58.1 Å². The molecule has 1 aliphatic rings. The van der Waals surface area contributed by atoms with Gasteiger partial charge in [0.15, 0.2) is 11.6 Å². The summed E-state index contributed by atoms with van der Waals surface area (Å²) in [5.74, 6) is 1.82. The van der Waals surface area contributed by atoms with Crippen molar-refractivity contribution in [1.29, 1.82) is 0 Å². The standard InChI is InChI=1S/C17H19BrN4O/c1-12-4-3-9-22(11-12)16-8-7-15(20-21-16)19-17(23)13-5-2-6-14(18)10-13/h2,5-8,10,12H,3-4,9,11H2,1H3,(H,19,20,23). The van der Waals surface area contributed by atoms with Crippen LogP contribution in [0.15, 0.2) is 40.9 Å². The average molecular weight is 375 g/mol. The van der Waals surface area contributed by atoms with E-state index in [4.69, 9.17) is 0 Å². The van der Waals surface area contributed by atoms with Crippen LogP contribution in [0.3, 0.4) is 0 Å². The van der Waals surface area contributed by atoms with E-state index in [0.717, 1.165) is 23.4 Å². The van der Waals surface area contributed by atoms with Crippen LogP contribution in [0.2, 0.25) is 0 Å². The van der Waals surface area contributed by atoms with Crippen molar-refractivity contribution in [3.63, 3.8) is 0 Å². The lowest BCUT2D eigenvalue weighted by Crippen LogP contribution is -2.34. The molecule has 0 saturated carbocycles. The van der Waals surface area contributed by atoms with Crippen LogP contribution in [-0.4, -0.2) is 29.2 Å². The van der Waals surface area contributed by atoms with Crippen LogP contribution in [0.1, 0.15) is 30.1 Å². The van der Waals surface area contributed by atoms with Gasteiger partial charge in [0.1, 0.15) is 0 Å². The number of halogens is 1. The molecule has 1 fully saturated rings. The molecule has 1 atom stereocenters. The number of piperidine rings is 1. The van der Waals surface area contributed by atoms with Crippen molar-refractivity contribution >= 4 is 33.5 Å². The zero-order valence-electron chi connectivity index (χ0n) is 13.0. The largest absolute Gasteiger partial charge is 0.355 e. The number of rotatable bonds is 3. The Bertz CT molecular complexity index is 689. The Balaban J connectivity index is 1.66. The number of carbonyl (C=O) groups excluding carboxylic acids is 1. The van der Waals surface area contributed by atoms with Crippen molar-refractivity contribution in [2.24, 2.45) is 5.92 Å². The molecule has 6 heteroatoms. The van der Waals surface area contributed by atoms with Gasteiger partial charge in [-0.2, -0.15) is 0 Å². The van der Waals surface area contributed by atoms with Gasteiger partial charge in [-0.3, -0.25) is 4.79 Å². The lowest BCUT2D eigenvalue weighted by molar-refractivity contribution is 0.102. The molecule has 0 bridgehead atoms. The van der Waals surface area contributed by atoms with Crippen molar-refractivity contribution in [2.75, 3.05) is 23.3 Å². The maximum Gasteiger partial charge on any atom is 0.256 e. The van der Waals surface area contributed by atoms with Gasteiger partial charge < -0.3 is 10.2 Å². The first-order valence-electron chi connectivity index (χ1n) is 7.77. The summed E-state index contributed by atoms with van der Waals surface area (Å²) in [6.45, 7) is 4.29. The second-order valence-electron chi connectivity index (χ2n) is 5.93. The lowest BCUT2D eigenvalue weighted by Gasteiger charge is -2.31. The summed E-state index contributed by atoms with van der Waals surface area (Å²) >= 11 is 3.36. The van der Waals surface area contributed by atoms with Crippen molar-refractivity contribution in [3.05, 3.63) is 46.4 Å². The third-order valence-electron chi connectivity index (χ3n) is 3.96. The Kier molecular flexibility index (Phi) is 4.91. The second kappa shape index (κ2) is 7.08. The van der Waals surface area contributed by atoms with Crippen LogP contribution in [0.25, 0.3) is 0 Å². The van der Waals surface area contributed by atoms with Gasteiger partial charge in [-0.25, -0.2) is 0 Å². The quantitative estimate of drug-likeness (QED) is 0.888. The van der Waals surface area contributed by atoms with Crippen molar-refractivity contribution in [2.45, 2.75) is 19.8 Å². The number of hydrogen-bond acceptors (Lipinski definition) is 4. The molecule has 1 aromatic carbocycles. The molecule has 0 radical (unpaired) electrons. The molecule has 1 aromatic heterocycles. The van der Waals surface area contributed by atoms with Gasteiger partial charge in [0, 0.05) is 23.1 Å². The molecule has 0 aliphatic carbocycles. The van der Waals surface area contributed by atoms with E-state index in [0.29, 0.717) is 17.3 Å². The summed E-state index contributed by atoms with van der Waals surface area (Å²) in [6, 6.07) is 11.0. The number of nitrogens with one attached hydrogen (secondary N) is 1. The maximum atomic E-state index is 12.2. The molecule has 2 heterocycles. The maximum absolute atomic E-state index is 12.2. The molecular formula is C17H19BrN4O. The van der Waals surface area contributed by atoms with Gasteiger partial charge in [0.05, 0.1) is 0 Å². The summed E-state index contributed by atoms with van der Waals surface area (Å²) in [7, 11) is 0. The minimum atomic E-state index is -0.194. The minimum Gasteiger partial charge on any atom is -0.355 e. The Hall–Kier alpha value is -1.95. The highest BCUT2D eigenvalue weighted by Crippen LogP contribution is 2.21. The molecule has 1 N–H and O–H groups in total. The number of carbonyl (C=O) groups is 1. The van der Waals surface area contributed by atoms with Crippen LogP contribution in [0.5, 0.6) is 0 Å². The molecular weight excluding hydrogens is 356 g/mol. The summed E-state index contributed by atoms with van der Waals surface area (Å²) < 4.78 is 0.866. The third-order valence-corrected chi connectivity index (χ3v) is 4.45. The molecule has 3 rings (SSSR count). The first-order chi connectivity index (χ1) is 11.1. The normalized spacial score (nSPS) is 17.8. The van der Waals surface area contributed by atoms with Crippen LogP contribution >= 0.6 is 15.9 Å². The first-order valence-corrected chi connectivity index (χ1v) is 8.57. The molecule has 23 heavy (non-hydrogen) atoms. The molecule has 0 spiro atoms. The summed E-state index contributed by atoms with van der Waals surface area (Å²) in [6.07, 6.45) is 2.45. The highest BCUT2D eigenvalue weighted by molar-refractivity contribution is 9.10. The Morgan fingerprint density at radius 1 is 1.30 bits per heavy atom. The summed E-state index contributed by atoms with van der Waals surface area (Å²) in [5, 5.41) is 11.2. The van der Waals surface area contributed by atoms with Gasteiger partial charge >= 0.3 is 0 Å². The van der Waals surface area contributed by atoms with Gasteiger partial charge in [-0.15, -0.1) is 10.2 Å². The van der Waals surface area contributed by atoms with Gasteiger partial charge in [0.2, 0.25) is 0 Å². The molecule has 2 aromatic rings. The van der Waals surface area contributed by atoms with Gasteiger partial charge in [-0.05, 0) is 49.1 Å². The van der Waals surface area contributed by atoms with Crippen LogP contribution in [0.4, 0.5) is 11.6 Å². The van der Waals surface area contributed by atoms with Gasteiger partial charge in [0.25, 0.3) is 5.91 Å². The van der Waals surface area contributed by atoms with E-state index in [1.807, 2.05) is 18.2 Å². The highest BCUT2D eigenvalue weighted by Gasteiger charge is 2.18. The summed E-state index contributed by atoms with van der Waals surface area (Å²) in [4.78, 5) is 14.4. The fraction of sp³-hybridized carbons (Fsp3) is 0.353. The SMILES string of the molecule is CC1CCCN(c2ccc(NC(=O)c3cccc(Br)c3)nn2)C1. The van der Waals surface area contributed by atoms with E-state index >= 15 is 0 Å². The van der Waals surface area contributed by atoms with Crippen molar-refractivity contribution < 1.29 is 4.79 Å².